The molecular formula is C22H26N4O4. The van der Waals surface area contributed by atoms with Crippen LogP contribution in [0, 0.1) is 11.8 Å². The van der Waals surface area contributed by atoms with E-state index in [0.717, 1.165) is 23.7 Å². The first-order chi connectivity index (χ1) is 14.5. The molecule has 2 saturated heterocycles. The third-order valence-electron chi connectivity index (χ3n) is 7.08. The van der Waals surface area contributed by atoms with Gasteiger partial charge in [-0.2, -0.15) is 0 Å². The molecule has 4 unspecified atom stereocenters. The number of hydrogen-bond donors (Lipinski definition) is 3. The van der Waals surface area contributed by atoms with E-state index in [1.165, 1.54) is 25.7 Å². The van der Waals surface area contributed by atoms with Crippen LogP contribution in [0.5, 0.6) is 0 Å². The summed E-state index contributed by atoms with van der Waals surface area (Å²) >= 11 is 0. The standard InChI is InChI=1S/C22H26N4O4/c27-19-8-7-18(20(28)25-19)26-21(29)15-6-5-13(9-16(15)22(26)30)23-10-12-11-24-17-4-2-1-3-14(12)17/h5-6,9,12,14,17-18,23-24H,1-4,7-8,10-11H2,(H,25,27,28). The summed E-state index contributed by atoms with van der Waals surface area (Å²) in [5, 5.41) is 9.31. The molecule has 3 aliphatic heterocycles. The predicted molar refractivity (Wildman–Crippen MR) is 109 cm³/mol. The van der Waals surface area contributed by atoms with Crippen molar-refractivity contribution in [3.63, 3.8) is 0 Å². The SMILES string of the molecule is O=C1CCC(N2C(=O)c3ccc(NCC4CNC5CCCCC45)cc3C2=O)C(=O)N1. The fourth-order valence-corrected chi connectivity index (χ4v) is 5.48. The summed E-state index contributed by atoms with van der Waals surface area (Å²) in [4.78, 5) is 50.3. The summed E-state index contributed by atoms with van der Waals surface area (Å²) < 4.78 is 0. The zero-order valence-electron chi connectivity index (χ0n) is 16.8. The Morgan fingerprint density at radius 1 is 1.00 bits per heavy atom. The highest BCUT2D eigenvalue weighted by Crippen LogP contribution is 2.35. The van der Waals surface area contributed by atoms with Crippen LogP contribution < -0.4 is 16.0 Å². The normalized spacial score (nSPS) is 30.9. The van der Waals surface area contributed by atoms with E-state index in [4.69, 9.17) is 0 Å². The third kappa shape index (κ3) is 3.19. The van der Waals surface area contributed by atoms with Gasteiger partial charge in [-0.05, 0) is 49.3 Å². The summed E-state index contributed by atoms with van der Waals surface area (Å²) in [5.74, 6) is -0.646. The molecule has 0 spiro atoms. The second-order valence-electron chi connectivity index (χ2n) is 8.81. The molecule has 3 heterocycles. The van der Waals surface area contributed by atoms with E-state index in [-0.39, 0.29) is 18.7 Å². The zero-order chi connectivity index (χ0) is 20.8. The number of nitrogens with one attached hydrogen (secondary N) is 3. The van der Waals surface area contributed by atoms with Crippen LogP contribution in [0.2, 0.25) is 0 Å². The highest BCUT2D eigenvalue weighted by Gasteiger charge is 2.44. The molecule has 1 aliphatic carbocycles. The zero-order valence-corrected chi connectivity index (χ0v) is 16.8. The molecule has 4 aliphatic rings. The number of anilines is 1. The maximum absolute atomic E-state index is 12.9. The molecule has 4 amide bonds. The van der Waals surface area contributed by atoms with Gasteiger partial charge in [0, 0.05) is 31.2 Å². The van der Waals surface area contributed by atoms with Gasteiger partial charge in [0.1, 0.15) is 6.04 Å². The molecule has 0 bridgehead atoms. The van der Waals surface area contributed by atoms with Gasteiger partial charge >= 0.3 is 0 Å². The van der Waals surface area contributed by atoms with Crippen LogP contribution in [0.1, 0.15) is 59.2 Å². The Bertz CT molecular complexity index is 930. The van der Waals surface area contributed by atoms with Crippen molar-refractivity contribution in [1.29, 1.82) is 0 Å². The van der Waals surface area contributed by atoms with Gasteiger partial charge in [-0.15, -0.1) is 0 Å². The van der Waals surface area contributed by atoms with E-state index in [9.17, 15) is 19.2 Å². The van der Waals surface area contributed by atoms with Crippen LogP contribution in [0.25, 0.3) is 0 Å². The van der Waals surface area contributed by atoms with Crippen LogP contribution in [-0.4, -0.2) is 53.7 Å². The summed E-state index contributed by atoms with van der Waals surface area (Å²) in [5.41, 5.74) is 1.43. The van der Waals surface area contributed by atoms with Crippen LogP contribution in [0.15, 0.2) is 18.2 Å². The first-order valence-corrected chi connectivity index (χ1v) is 10.9. The second kappa shape index (κ2) is 7.50. The topological polar surface area (TPSA) is 108 Å². The number of rotatable bonds is 4. The van der Waals surface area contributed by atoms with E-state index in [1.54, 1.807) is 12.1 Å². The second-order valence-corrected chi connectivity index (χ2v) is 8.81. The van der Waals surface area contributed by atoms with Crippen molar-refractivity contribution in [1.82, 2.24) is 15.5 Å². The number of fused-ring (bicyclic) bond motifs is 2. The fourth-order valence-electron chi connectivity index (χ4n) is 5.48. The smallest absolute Gasteiger partial charge is 0.262 e. The van der Waals surface area contributed by atoms with Gasteiger partial charge in [-0.1, -0.05) is 12.8 Å². The van der Waals surface area contributed by atoms with Gasteiger partial charge in [0.05, 0.1) is 11.1 Å². The molecule has 5 rings (SSSR count). The molecule has 8 heteroatoms. The van der Waals surface area contributed by atoms with Gasteiger partial charge in [-0.25, -0.2) is 0 Å². The lowest BCUT2D eigenvalue weighted by Crippen LogP contribution is -2.54. The Morgan fingerprint density at radius 3 is 2.63 bits per heavy atom. The number of carbonyl (C=O) groups excluding carboxylic acids is 4. The number of piperidine rings is 1. The lowest BCUT2D eigenvalue weighted by molar-refractivity contribution is -0.136. The molecular weight excluding hydrogens is 384 g/mol. The van der Waals surface area contributed by atoms with Crippen molar-refractivity contribution in [3.8, 4) is 0 Å². The molecule has 1 aromatic carbocycles. The van der Waals surface area contributed by atoms with E-state index in [0.29, 0.717) is 29.0 Å². The molecule has 0 aromatic heterocycles. The van der Waals surface area contributed by atoms with Gasteiger partial charge in [0.15, 0.2) is 0 Å². The van der Waals surface area contributed by atoms with Gasteiger partial charge in [0.25, 0.3) is 11.8 Å². The molecule has 3 N–H and O–H groups in total. The Morgan fingerprint density at radius 2 is 1.80 bits per heavy atom. The van der Waals surface area contributed by atoms with E-state index < -0.39 is 23.8 Å². The quantitative estimate of drug-likeness (QED) is 0.646. The van der Waals surface area contributed by atoms with E-state index >= 15 is 0 Å². The van der Waals surface area contributed by atoms with E-state index in [2.05, 4.69) is 16.0 Å². The van der Waals surface area contributed by atoms with Crippen LogP contribution >= 0.6 is 0 Å². The largest absolute Gasteiger partial charge is 0.385 e. The molecule has 1 aromatic rings. The Labute approximate surface area is 174 Å². The van der Waals surface area contributed by atoms with Crippen molar-refractivity contribution >= 4 is 29.3 Å². The number of imide groups is 2. The Hall–Kier alpha value is -2.74. The molecule has 30 heavy (non-hydrogen) atoms. The minimum absolute atomic E-state index is 0.119. The summed E-state index contributed by atoms with van der Waals surface area (Å²) in [6, 6.07) is 4.88. The van der Waals surface area contributed by atoms with Crippen molar-refractivity contribution < 1.29 is 19.2 Å². The van der Waals surface area contributed by atoms with Crippen molar-refractivity contribution in [2.45, 2.75) is 50.6 Å². The minimum Gasteiger partial charge on any atom is -0.385 e. The lowest BCUT2D eigenvalue weighted by Gasteiger charge is -2.28. The molecule has 0 radical (unpaired) electrons. The monoisotopic (exact) mass is 410 g/mol. The van der Waals surface area contributed by atoms with Gasteiger partial charge < -0.3 is 10.6 Å². The Kier molecular flexibility index (Phi) is 4.81. The number of carbonyl (C=O) groups is 4. The van der Waals surface area contributed by atoms with Gasteiger partial charge in [-0.3, -0.25) is 29.4 Å². The molecule has 3 fully saturated rings. The summed E-state index contributed by atoms with van der Waals surface area (Å²) in [6.07, 6.45) is 5.41. The minimum atomic E-state index is -0.931. The maximum atomic E-state index is 12.9. The third-order valence-corrected chi connectivity index (χ3v) is 7.08. The number of benzene rings is 1. The van der Waals surface area contributed by atoms with Crippen LogP contribution in [0.3, 0.4) is 0 Å². The predicted octanol–water partition coefficient (Wildman–Crippen LogP) is 1.28. The summed E-state index contributed by atoms with van der Waals surface area (Å²) in [7, 11) is 0. The molecule has 158 valence electrons. The molecule has 8 nitrogen and oxygen atoms in total. The first kappa shape index (κ1) is 19.2. The first-order valence-electron chi connectivity index (χ1n) is 10.9. The van der Waals surface area contributed by atoms with E-state index in [1.807, 2.05) is 6.07 Å². The average Bonchev–Trinajstić information content (AvgIpc) is 3.26. The van der Waals surface area contributed by atoms with Crippen molar-refractivity contribution in [3.05, 3.63) is 29.3 Å². The number of hydrogen-bond acceptors (Lipinski definition) is 6. The van der Waals surface area contributed by atoms with Crippen molar-refractivity contribution in [2.24, 2.45) is 11.8 Å². The summed E-state index contributed by atoms with van der Waals surface area (Å²) in [6.45, 7) is 1.83. The van der Waals surface area contributed by atoms with Crippen LogP contribution in [0.4, 0.5) is 5.69 Å². The molecule has 4 atom stereocenters. The highest BCUT2D eigenvalue weighted by atomic mass is 16.2. The fraction of sp³-hybridized carbons (Fsp3) is 0.545. The van der Waals surface area contributed by atoms with Crippen LogP contribution in [-0.2, 0) is 9.59 Å². The Balaban J connectivity index is 1.29. The molecule has 1 saturated carbocycles. The van der Waals surface area contributed by atoms with Gasteiger partial charge in [0.2, 0.25) is 11.8 Å². The van der Waals surface area contributed by atoms with Crippen molar-refractivity contribution in [2.75, 3.05) is 18.4 Å². The maximum Gasteiger partial charge on any atom is 0.262 e. The number of amides is 4. The average molecular weight is 410 g/mol. The highest BCUT2D eigenvalue weighted by molar-refractivity contribution is 6.23. The number of nitrogens with zero attached hydrogens (tertiary/aromatic N) is 1. The lowest BCUT2D eigenvalue weighted by atomic mass is 9.80.